The molecule has 1 aliphatic heterocycles. The van der Waals surface area contributed by atoms with Crippen LogP contribution in [-0.2, 0) is 10.4 Å². The highest BCUT2D eigenvalue weighted by Gasteiger charge is 2.37. The van der Waals surface area contributed by atoms with E-state index in [1.165, 1.54) is 12.8 Å². The largest absolute Gasteiger partial charge is 0.493 e. The molecule has 0 amide bonds. The normalized spacial score (nSPS) is 22.9. The highest BCUT2D eigenvalue weighted by atomic mass is 32.1. The van der Waals surface area contributed by atoms with Crippen molar-refractivity contribution in [3.05, 3.63) is 40.6 Å². The Morgan fingerprint density at radius 2 is 2.08 bits per heavy atom. The summed E-state index contributed by atoms with van der Waals surface area (Å²) >= 11 is 4.94. The summed E-state index contributed by atoms with van der Waals surface area (Å²) in [5.74, 6) is 1.83. The van der Waals surface area contributed by atoms with Gasteiger partial charge >= 0.3 is 0 Å². The molecule has 0 bridgehead atoms. The van der Waals surface area contributed by atoms with Gasteiger partial charge in [-0.05, 0) is 69.1 Å². The van der Waals surface area contributed by atoms with Crippen molar-refractivity contribution in [1.29, 1.82) is 0 Å². The third-order valence-electron chi connectivity index (χ3n) is 4.73. The molecule has 1 saturated carbocycles. The lowest BCUT2D eigenvalue weighted by atomic mass is 10.0. The van der Waals surface area contributed by atoms with Gasteiger partial charge in [0.25, 0.3) is 10.7 Å². The molecule has 8 heteroatoms. The van der Waals surface area contributed by atoms with Crippen LogP contribution < -0.4 is 15.0 Å². The molecule has 4 rings (SSSR count). The number of nitrogens with zero attached hydrogens (tertiary/aromatic N) is 1. The van der Waals surface area contributed by atoms with Crippen LogP contribution in [0.25, 0.3) is 5.70 Å². The maximum absolute atomic E-state index is 6.17. The SMILES string of the molecule is COc1ccc(C2=CC(C)(c3n[nH]c(=S)o3)ON2)cc1OC1CCCC1. The number of hydroxylamine groups is 1. The Balaban J connectivity index is 1.63. The van der Waals surface area contributed by atoms with E-state index in [1.807, 2.05) is 31.2 Å². The molecule has 0 spiro atoms. The Hall–Kier alpha value is -2.32. The van der Waals surface area contributed by atoms with E-state index in [0.29, 0.717) is 5.89 Å². The lowest BCUT2D eigenvalue weighted by molar-refractivity contribution is -0.0420. The average Bonchev–Trinajstić information content (AvgIpc) is 3.37. The van der Waals surface area contributed by atoms with E-state index in [4.69, 9.17) is 30.9 Å². The number of methoxy groups -OCH3 is 1. The van der Waals surface area contributed by atoms with Crippen molar-refractivity contribution in [3.8, 4) is 11.5 Å². The Kier molecular flexibility index (Phi) is 4.46. The third kappa shape index (κ3) is 3.22. The second-order valence-corrected chi connectivity index (χ2v) is 7.05. The van der Waals surface area contributed by atoms with E-state index in [-0.39, 0.29) is 10.9 Å². The molecule has 0 radical (unpaired) electrons. The van der Waals surface area contributed by atoms with Crippen molar-refractivity contribution in [3.63, 3.8) is 0 Å². The van der Waals surface area contributed by atoms with Gasteiger partial charge < -0.3 is 13.9 Å². The summed E-state index contributed by atoms with van der Waals surface area (Å²) in [5, 5.41) is 6.68. The quantitative estimate of drug-likeness (QED) is 0.768. The monoisotopic (exact) mass is 375 g/mol. The van der Waals surface area contributed by atoms with Crippen LogP contribution in [0.3, 0.4) is 0 Å². The van der Waals surface area contributed by atoms with Gasteiger partial charge in [-0.3, -0.25) is 10.3 Å². The van der Waals surface area contributed by atoms with E-state index >= 15 is 0 Å². The smallest absolute Gasteiger partial charge is 0.284 e. The van der Waals surface area contributed by atoms with Gasteiger partial charge in [-0.2, -0.15) is 0 Å². The van der Waals surface area contributed by atoms with E-state index in [9.17, 15) is 0 Å². The standard InChI is InChI=1S/C18H21N3O4S/c1-18(16-19-20-17(26)24-16)10-13(21-25-18)11-7-8-14(22-2)15(9-11)23-12-5-3-4-6-12/h7-10,12,21H,3-6H2,1-2H3,(H,20,26). The molecule has 2 aromatic rings. The topological polar surface area (TPSA) is 81.5 Å². The van der Waals surface area contributed by atoms with Crippen molar-refractivity contribution >= 4 is 17.9 Å². The first kappa shape index (κ1) is 17.1. The first-order chi connectivity index (χ1) is 12.6. The average molecular weight is 375 g/mol. The molecule has 0 saturated heterocycles. The molecule has 26 heavy (non-hydrogen) atoms. The van der Waals surface area contributed by atoms with Crippen LogP contribution in [0.2, 0.25) is 0 Å². The van der Waals surface area contributed by atoms with Crippen LogP contribution in [0.15, 0.2) is 28.7 Å². The molecule has 1 aromatic heterocycles. The van der Waals surface area contributed by atoms with Crippen LogP contribution in [0.5, 0.6) is 11.5 Å². The van der Waals surface area contributed by atoms with Crippen molar-refractivity contribution in [2.45, 2.75) is 44.3 Å². The fraction of sp³-hybridized carbons (Fsp3) is 0.444. The molecule has 2 aliphatic rings. The molecule has 1 fully saturated rings. The summed E-state index contributed by atoms with van der Waals surface area (Å²) < 4.78 is 17.0. The summed E-state index contributed by atoms with van der Waals surface area (Å²) in [4.78, 5) is 5.91. The summed E-state index contributed by atoms with van der Waals surface area (Å²) in [7, 11) is 1.65. The number of ether oxygens (including phenoxy) is 2. The van der Waals surface area contributed by atoms with Crippen LogP contribution in [0, 0.1) is 4.84 Å². The highest BCUT2D eigenvalue weighted by molar-refractivity contribution is 7.71. The number of rotatable bonds is 5. The molecule has 1 unspecified atom stereocenters. The maximum Gasteiger partial charge on any atom is 0.284 e. The number of H-pyrrole nitrogens is 1. The lowest BCUT2D eigenvalue weighted by Gasteiger charge is -2.17. The van der Waals surface area contributed by atoms with Crippen LogP contribution >= 0.6 is 12.2 Å². The second-order valence-electron chi connectivity index (χ2n) is 6.68. The van der Waals surface area contributed by atoms with Gasteiger partial charge in [-0.1, -0.05) is 0 Å². The van der Waals surface area contributed by atoms with Crippen LogP contribution in [0.1, 0.15) is 44.1 Å². The predicted molar refractivity (Wildman–Crippen MR) is 97.1 cm³/mol. The number of aromatic nitrogens is 2. The van der Waals surface area contributed by atoms with E-state index in [0.717, 1.165) is 35.6 Å². The van der Waals surface area contributed by atoms with Gasteiger partial charge in [0.05, 0.1) is 18.9 Å². The minimum Gasteiger partial charge on any atom is -0.493 e. The zero-order valence-electron chi connectivity index (χ0n) is 14.7. The predicted octanol–water partition coefficient (Wildman–Crippen LogP) is 3.85. The second kappa shape index (κ2) is 6.77. The van der Waals surface area contributed by atoms with Crippen molar-refractivity contribution in [2.75, 3.05) is 7.11 Å². The van der Waals surface area contributed by atoms with Gasteiger partial charge in [0, 0.05) is 5.56 Å². The number of benzene rings is 1. The zero-order valence-corrected chi connectivity index (χ0v) is 15.5. The summed E-state index contributed by atoms with van der Waals surface area (Å²) in [5.41, 5.74) is 3.82. The maximum atomic E-state index is 6.17. The summed E-state index contributed by atoms with van der Waals surface area (Å²) in [6.07, 6.45) is 6.74. The van der Waals surface area contributed by atoms with Crippen molar-refractivity contribution < 1.29 is 18.7 Å². The number of aromatic amines is 1. The Morgan fingerprint density at radius 1 is 1.27 bits per heavy atom. The van der Waals surface area contributed by atoms with E-state index < -0.39 is 5.60 Å². The number of hydrogen-bond acceptors (Lipinski definition) is 7. The number of hydrogen-bond donors (Lipinski definition) is 2. The van der Waals surface area contributed by atoms with Crippen LogP contribution in [0.4, 0.5) is 0 Å². The Morgan fingerprint density at radius 3 is 2.77 bits per heavy atom. The first-order valence-corrected chi connectivity index (χ1v) is 9.06. The molecule has 1 atom stereocenters. The zero-order chi connectivity index (χ0) is 18.1. The van der Waals surface area contributed by atoms with E-state index in [1.54, 1.807) is 7.11 Å². The minimum absolute atomic E-state index is 0.211. The first-order valence-electron chi connectivity index (χ1n) is 8.65. The fourth-order valence-corrected chi connectivity index (χ4v) is 3.43. The fourth-order valence-electron chi connectivity index (χ4n) is 3.31. The summed E-state index contributed by atoms with van der Waals surface area (Å²) in [6, 6.07) is 5.82. The Bertz CT molecular complexity index is 885. The molecule has 138 valence electrons. The van der Waals surface area contributed by atoms with Gasteiger partial charge in [0.2, 0.25) is 0 Å². The van der Waals surface area contributed by atoms with Crippen molar-refractivity contribution in [2.24, 2.45) is 0 Å². The molecular weight excluding hydrogens is 354 g/mol. The van der Waals surface area contributed by atoms with Crippen LogP contribution in [-0.4, -0.2) is 23.4 Å². The van der Waals surface area contributed by atoms with Crippen molar-refractivity contribution in [1.82, 2.24) is 15.7 Å². The molecule has 1 aromatic carbocycles. The van der Waals surface area contributed by atoms with Gasteiger partial charge in [-0.25, -0.2) is 5.10 Å². The molecule has 2 heterocycles. The van der Waals surface area contributed by atoms with Gasteiger partial charge in [0.1, 0.15) is 0 Å². The number of nitrogens with one attached hydrogen (secondary N) is 2. The molecule has 2 N–H and O–H groups in total. The summed E-state index contributed by atoms with van der Waals surface area (Å²) in [6.45, 7) is 1.85. The van der Waals surface area contributed by atoms with E-state index in [2.05, 4.69) is 15.7 Å². The molecule has 1 aliphatic carbocycles. The van der Waals surface area contributed by atoms with Gasteiger partial charge in [-0.15, -0.1) is 5.10 Å². The lowest BCUT2D eigenvalue weighted by Crippen LogP contribution is -2.23. The molecule has 7 nitrogen and oxygen atoms in total. The Labute approximate surface area is 156 Å². The third-order valence-corrected chi connectivity index (χ3v) is 4.90. The molecular formula is C18H21N3O4S. The van der Waals surface area contributed by atoms with Gasteiger partial charge in [0.15, 0.2) is 17.1 Å². The minimum atomic E-state index is -0.852. The highest BCUT2D eigenvalue weighted by Crippen LogP contribution is 2.37.